The van der Waals surface area contributed by atoms with Crippen LogP contribution < -0.4 is 10.6 Å². The summed E-state index contributed by atoms with van der Waals surface area (Å²) in [6.07, 6.45) is 0. The van der Waals surface area contributed by atoms with Gasteiger partial charge in [-0.25, -0.2) is 0 Å². The van der Waals surface area contributed by atoms with E-state index in [4.69, 9.17) is 0 Å². The normalized spacial score (nSPS) is 12.1. The molecule has 0 aromatic heterocycles. The SMILES string of the molecule is CC(C)NC(=O)C(C)NC(=O)c1ccc(CBr)cc1. The summed E-state index contributed by atoms with van der Waals surface area (Å²) in [6, 6.07) is 6.76. The fourth-order valence-electron chi connectivity index (χ4n) is 1.50. The van der Waals surface area contributed by atoms with Gasteiger partial charge in [-0.3, -0.25) is 9.59 Å². The average Bonchev–Trinajstić information content (AvgIpc) is 2.37. The molecule has 19 heavy (non-hydrogen) atoms. The van der Waals surface area contributed by atoms with Gasteiger partial charge in [-0.2, -0.15) is 0 Å². The molecule has 1 atom stereocenters. The lowest BCUT2D eigenvalue weighted by Crippen LogP contribution is -2.46. The van der Waals surface area contributed by atoms with Crippen LogP contribution in [0.5, 0.6) is 0 Å². The molecule has 0 aliphatic heterocycles. The quantitative estimate of drug-likeness (QED) is 0.815. The van der Waals surface area contributed by atoms with Gasteiger partial charge in [0.15, 0.2) is 0 Å². The zero-order chi connectivity index (χ0) is 14.4. The summed E-state index contributed by atoms with van der Waals surface area (Å²) >= 11 is 3.35. The lowest BCUT2D eigenvalue weighted by Gasteiger charge is -2.16. The number of rotatable bonds is 5. The lowest BCUT2D eigenvalue weighted by atomic mass is 10.1. The first-order chi connectivity index (χ1) is 8.93. The maximum Gasteiger partial charge on any atom is 0.251 e. The van der Waals surface area contributed by atoms with E-state index < -0.39 is 6.04 Å². The van der Waals surface area contributed by atoms with Gasteiger partial charge >= 0.3 is 0 Å². The highest BCUT2D eigenvalue weighted by Gasteiger charge is 2.16. The number of carbonyl (C=O) groups excluding carboxylic acids is 2. The predicted octanol–water partition coefficient (Wildman–Crippen LogP) is 2.22. The van der Waals surface area contributed by atoms with Crippen LogP contribution in [0.1, 0.15) is 36.7 Å². The van der Waals surface area contributed by atoms with Gasteiger partial charge in [-0.1, -0.05) is 28.1 Å². The average molecular weight is 327 g/mol. The van der Waals surface area contributed by atoms with Crippen molar-refractivity contribution in [1.82, 2.24) is 10.6 Å². The highest BCUT2D eigenvalue weighted by molar-refractivity contribution is 9.08. The minimum Gasteiger partial charge on any atom is -0.352 e. The Morgan fingerprint density at radius 1 is 1.11 bits per heavy atom. The summed E-state index contributed by atoms with van der Waals surface area (Å²) in [5.41, 5.74) is 1.65. The molecule has 2 amide bonds. The van der Waals surface area contributed by atoms with Crippen LogP contribution in [0.3, 0.4) is 0 Å². The first kappa shape index (κ1) is 15.7. The molecule has 0 spiro atoms. The first-order valence-corrected chi connectivity index (χ1v) is 7.32. The van der Waals surface area contributed by atoms with Crippen LogP contribution in [0.25, 0.3) is 0 Å². The molecule has 0 saturated heterocycles. The Labute approximate surface area is 122 Å². The molecule has 2 N–H and O–H groups in total. The third kappa shape index (κ3) is 5.03. The molecule has 1 aromatic rings. The zero-order valence-electron chi connectivity index (χ0n) is 11.4. The molecule has 0 saturated carbocycles. The van der Waals surface area contributed by atoms with Crippen LogP contribution in [0.2, 0.25) is 0 Å². The fraction of sp³-hybridized carbons (Fsp3) is 0.429. The lowest BCUT2D eigenvalue weighted by molar-refractivity contribution is -0.123. The van der Waals surface area contributed by atoms with Gasteiger partial charge in [0.05, 0.1) is 0 Å². The van der Waals surface area contributed by atoms with Gasteiger partial charge < -0.3 is 10.6 Å². The first-order valence-electron chi connectivity index (χ1n) is 6.20. The molecule has 0 radical (unpaired) electrons. The van der Waals surface area contributed by atoms with Gasteiger partial charge in [0.2, 0.25) is 5.91 Å². The Hall–Kier alpha value is -1.36. The second-order valence-corrected chi connectivity index (χ2v) is 5.25. The highest BCUT2D eigenvalue weighted by Crippen LogP contribution is 2.08. The summed E-state index contributed by atoms with van der Waals surface area (Å²) in [5, 5.41) is 6.19. The molecule has 0 aliphatic carbocycles. The molecule has 0 bridgehead atoms. The van der Waals surface area contributed by atoms with Crippen LogP contribution in [0.15, 0.2) is 24.3 Å². The van der Waals surface area contributed by atoms with Crippen LogP contribution >= 0.6 is 15.9 Å². The molecule has 4 nitrogen and oxygen atoms in total. The van der Waals surface area contributed by atoms with E-state index in [1.807, 2.05) is 26.0 Å². The number of benzene rings is 1. The number of nitrogens with one attached hydrogen (secondary N) is 2. The van der Waals surface area contributed by atoms with E-state index in [1.54, 1.807) is 19.1 Å². The second kappa shape index (κ2) is 7.28. The van der Waals surface area contributed by atoms with E-state index in [0.29, 0.717) is 5.56 Å². The maximum atomic E-state index is 11.9. The number of hydrogen-bond donors (Lipinski definition) is 2. The number of hydrogen-bond acceptors (Lipinski definition) is 2. The van der Waals surface area contributed by atoms with E-state index in [-0.39, 0.29) is 17.9 Å². The molecule has 104 valence electrons. The van der Waals surface area contributed by atoms with E-state index in [9.17, 15) is 9.59 Å². The van der Waals surface area contributed by atoms with E-state index >= 15 is 0 Å². The Bertz CT molecular complexity index is 443. The third-order valence-electron chi connectivity index (χ3n) is 2.54. The number of amides is 2. The summed E-state index contributed by atoms with van der Waals surface area (Å²) in [5.74, 6) is -0.423. The minimum atomic E-state index is -0.550. The molecule has 0 heterocycles. The zero-order valence-corrected chi connectivity index (χ0v) is 13.0. The largest absolute Gasteiger partial charge is 0.352 e. The topological polar surface area (TPSA) is 58.2 Å². The Morgan fingerprint density at radius 3 is 2.16 bits per heavy atom. The fourth-order valence-corrected chi connectivity index (χ4v) is 1.87. The molecule has 1 unspecified atom stereocenters. The van der Waals surface area contributed by atoms with Crippen molar-refractivity contribution < 1.29 is 9.59 Å². The predicted molar refractivity (Wildman–Crippen MR) is 79.3 cm³/mol. The molecular weight excluding hydrogens is 308 g/mol. The van der Waals surface area contributed by atoms with Crippen molar-refractivity contribution in [3.8, 4) is 0 Å². The van der Waals surface area contributed by atoms with Crippen molar-refractivity contribution >= 4 is 27.7 Å². The summed E-state index contributed by atoms with van der Waals surface area (Å²) in [7, 11) is 0. The monoisotopic (exact) mass is 326 g/mol. The summed E-state index contributed by atoms with van der Waals surface area (Å²) in [6.45, 7) is 5.43. The van der Waals surface area contributed by atoms with Crippen molar-refractivity contribution in [2.24, 2.45) is 0 Å². The Kier molecular flexibility index (Phi) is 6.02. The Morgan fingerprint density at radius 2 is 1.68 bits per heavy atom. The number of halogens is 1. The molecule has 0 fully saturated rings. The standard InChI is InChI=1S/C14H19BrN2O2/c1-9(2)16-13(18)10(3)17-14(19)12-6-4-11(8-15)5-7-12/h4-7,9-10H,8H2,1-3H3,(H,16,18)(H,17,19). The van der Waals surface area contributed by atoms with E-state index in [2.05, 4.69) is 26.6 Å². The van der Waals surface area contributed by atoms with Crippen molar-refractivity contribution in [3.63, 3.8) is 0 Å². The van der Waals surface area contributed by atoms with Crippen molar-refractivity contribution in [2.75, 3.05) is 0 Å². The van der Waals surface area contributed by atoms with Gasteiger partial charge in [-0.15, -0.1) is 0 Å². The van der Waals surface area contributed by atoms with Gasteiger partial charge in [0.1, 0.15) is 6.04 Å². The molecule has 0 aliphatic rings. The number of alkyl halides is 1. The van der Waals surface area contributed by atoms with Gasteiger partial charge in [0, 0.05) is 16.9 Å². The van der Waals surface area contributed by atoms with Crippen molar-refractivity contribution in [1.29, 1.82) is 0 Å². The van der Waals surface area contributed by atoms with Crippen LogP contribution in [-0.2, 0) is 10.1 Å². The minimum absolute atomic E-state index is 0.0602. The molecule has 1 aromatic carbocycles. The van der Waals surface area contributed by atoms with E-state index in [0.717, 1.165) is 10.9 Å². The molecule has 5 heteroatoms. The molecular formula is C14H19BrN2O2. The van der Waals surface area contributed by atoms with Crippen molar-refractivity contribution in [2.45, 2.75) is 38.2 Å². The summed E-state index contributed by atoms with van der Waals surface area (Å²) < 4.78 is 0. The van der Waals surface area contributed by atoms with Gasteiger partial charge in [0.25, 0.3) is 5.91 Å². The third-order valence-corrected chi connectivity index (χ3v) is 3.19. The second-order valence-electron chi connectivity index (χ2n) is 4.69. The summed E-state index contributed by atoms with van der Waals surface area (Å²) in [4.78, 5) is 23.6. The Balaban J connectivity index is 2.60. The van der Waals surface area contributed by atoms with Crippen molar-refractivity contribution in [3.05, 3.63) is 35.4 Å². The molecule has 1 rings (SSSR count). The smallest absolute Gasteiger partial charge is 0.251 e. The van der Waals surface area contributed by atoms with Crippen LogP contribution in [-0.4, -0.2) is 23.9 Å². The highest BCUT2D eigenvalue weighted by atomic mass is 79.9. The van der Waals surface area contributed by atoms with E-state index in [1.165, 1.54) is 0 Å². The number of carbonyl (C=O) groups is 2. The maximum absolute atomic E-state index is 11.9. The van der Waals surface area contributed by atoms with Crippen LogP contribution in [0, 0.1) is 0 Å². The van der Waals surface area contributed by atoms with Gasteiger partial charge in [-0.05, 0) is 38.5 Å². The van der Waals surface area contributed by atoms with Crippen LogP contribution in [0.4, 0.5) is 0 Å².